The molecule has 4 heteroatoms. The molecule has 0 unspecified atom stereocenters. The van der Waals surface area contributed by atoms with E-state index in [1.165, 1.54) is 12.0 Å². The quantitative estimate of drug-likeness (QED) is 0.370. The SMILES string of the molecule is COCCN(CCCCc1ccccc1)CCC(=N)N. The summed E-state index contributed by atoms with van der Waals surface area (Å²) in [6.07, 6.45) is 4.12. The molecule has 1 aromatic carbocycles. The highest BCUT2D eigenvalue weighted by Crippen LogP contribution is 2.05. The van der Waals surface area contributed by atoms with Gasteiger partial charge in [0, 0.05) is 26.6 Å². The van der Waals surface area contributed by atoms with Crippen molar-refractivity contribution in [1.82, 2.24) is 4.90 Å². The summed E-state index contributed by atoms with van der Waals surface area (Å²) in [6.45, 7) is 3.54. The van der Waals surface area contributed by atoms with Gasteiger partial charge in [0.2, 0.25) is 0 Å². The van der Waals surface area contributed by atoms with Crippen molar-refractivity contribution in [1.29, 1.82) is 5.41 Å². The highest BCUT2D eigenvalue weighted by atomic mass is 16.5. The number of hydrogen-bond acceptors (Lipinski definition) is 3. The summed E-state index contributed by atoms with van der Waals surface area (Å²) in [7, 11) is 1.72. The van der Waals surface area contributed by atoms with Gasteiger partial charge in [-0.05, 0) is 31.4 Å². The van der Waals surface area contributed by atoms with Crippen LogP contribution in [0.3, 0.4) is 0 Å². The summed E-state index contributed by atoms with van der Waals surface area (Å²) >= 11 is 0. The molecule has 0 aromatic heterocycles. The molecule has 0 saturated carbocycles. The molecule has 4 nitrogen and oxygen atoms in total. The Morgan fingerprint density at radius 3 is 2.55 bits per heavy atom. The summed E-state index contributed by atoms with van der Waals surface area (Å²) in [5.74, 6) is 0.261. The van der Waals surface area contributed by atoms with Crippen LogP contribution in [0.1, 0.15) is 24.8 Å². The molecule has 20 heavy (non-hydrogen) atoms. The predicted octanol–water partition coefficient (Wildman–Crippen LogP) is 2.28. The van der Waals surface area contributed by atoms with Crippen molar-refractivity contribution in [3.63, 3.8) is 0 Å². The molecule has 3 N–H and O–H groups in total. The zero-order valence-electron chi connectivity index (χ0n) is 12.5. The number of nitrogens with two attached hydrogens (primary N) is 1. The molecule has 0 atom stereocenters. The van der Waals surface area contributed by atoms with Gasteiger partial charge in [-0.15, -0.1) is 0 Å². The standard InChI is InChI=1S/C16H27N3O/c1-20-14-13-19(12-10-16(17)18)11-6-5-9-15-7-3-2-4-8-15/h2-4,7-8H,5-6,9-14H2,1H3,(H3,17,18). The van der Waals surface area contributed by atoms with Crippen molar-refractivity contribution in [2.24, 2.45) is 5.73 Å². The Morgan fingerprint density at radius 2 is 1.90 bits per heavy atom. The van der Waals surface area contributed by atoms with E-state index in [1.807, 2.05) is 0 Å². The second kappa shape index (κ2) is 10.4. The van der Waals surface area contributed by atoms with Gasteiger partial charge in [0.05, 0.1) is 12.4 Å². The predicted molar refractivity (Wildman–Crippen MR) is 84.2 cm³/mol. The van der Waals surface area contributed by atoms with Gasteiger partial charge in [-0.3, -0.25) is 5.41 Å². The molecular formula is C16H27N3O. The minimum absolute atomic E-state index is 0.261. The first-order chi connectivity index (χ1) is 9.72. The third kappa shape index (κ3) is 7.92. The minimum atomic E-state index is 0.261. The Kier molecular flexibility index (Phi) is 8.67. The maximum Gasteiger partial charge on any atom is 0.0918 e. The zero-order chi connectivity index (χ0) is 14.6. The van der Waals surface area contributed by atoms with Gasteiger partial charge >= 0.3 is 0 Å². The Bertz CT molecular complexity index is 367. The molecule has 0 aliphatic heterocycles. The maximum absolute atomic E-state index is 7.31. The van der Waals surface area contributed by atoms with Crippen LogP contribution in [-0.4, -0.2) is 44.1 Å². The molecular weight excluding hydrogens is 250 g/mol. The molecule has 0 fully saturated rings. The van der Waals surface area contributed by atoms with E-state index in [4.69, 9.17) is 15.9 Å². The maximum atomic E-state index is 7.31. The smallest absolute Gasteiger partial charge is 0.0918 e. The van der Waals surface area contributed by atoms with Crippen molar-refractivity contribution >= 4 is 5.84 Å². The molecule has 112 valence electrons. The fourth-order valence-electron chi connectivity index (χ4n) is 2.14. The molecule has 0 amide bonds. The van der Waals surface area contributed by atoms with Crippen LogP contribution in [0.4, 0.5) is 0 Å². The van der Waals surface area contributed by atoms with Gasteiger partial charge in [0.15, 0.2) is 0 Å². The van der Waals surface area contributed by atoms with Crippen LogP contribution in [0.2, 0.25) is 0 Å². The molecule has 1 aromatic rings. The van der Waals surface area contributed by atoms with E-state index in [1.54, 1.807) is 7.11 Å². The average Bonchev–Trinajstić information content (AvgIpc) is 2.46. The van der Waals surface area contributed by atoms with Gasteiger partial charge < -0.3 is 15.4 Å². The lowest BCUT2D eigenvalue weighted by Crippen LogP contribution is -2.32. The van der Waals surface area contributed by atoms with E-state index in [-0.39, 0.29) is 5.84 Å². The number of ether oxygens (including phenoxy) is 1. The average molecular weight is 277 g/mol. The highest BCUT2D eigenvalue weighted by Gasteiger charge is 2.05. The number of aryl methyl sites for hydroxylation is 1. The lowest BCUT2D eigenvalue weighted by molar-refractivity contribution is 0.148. The summed E-state index contributed by atoms with van der Waals surface area (Å²) in [5.41, 5.74) is 6.83. The van der Waals surface area contributed by atoms with Crippen LogP contribution in [0, 0.1) is 5.41 Å². The van der Waals surface area contributed by atoms with Gasteiger partial charge in [-0.2, -0.15) is 0 Å². The molecule has 0 saturated heterocycles. The number of unbranched alkanes of at least 4 members (excludes halogenated alkanes) is 1. The molecule has 0 heterocycles. The third-order valence-corrected chi connectivity index (χ3v) is 3.34. The summed E-state index contributed by atoms with van der Waals surface area (Å²) < 4.78 is 5.13. The number of amidine groups is 1. The molecule has 0 spiro atoms. The first-order valence-corrected chi connectivity index (χ1v) is 7.30. The number of rotatable bonds is 11. The summed E-state index contributed by atoms with van der Waals surface area (Å²) in [4.78, 5) is 2.33. The van der Waals surface area contributed by atoms with E-state index in [9.17, 15) is 0 Å². The van der Waals surface area contributed by atoms with Crippen LogP contribution in [0.15, 0.2) is 30.3 Å². The van der Waals surface area contributed by atoms with Crippen LogP contribution in [0.5, 0.6) is 0 Å². The molecule has 0 bridgehead atoms. The second-order valence-electron chi connectivity index (χ2n) is 5.05. The van der Waals surface area contributed by atoms with Crippen molar-refractivity contribution in [2.45, 2.75) is 25.7 Å². The topological polar surface area (TPSA) is 62.3 Å². The fourth-order valence-corrected chi connectivity index (χ4v) is 2.14. The van der Waals surface area contributed by atoms with E-state index in [2.05, 4.69) is 35.2 Å². The van der Waals surface area contributed by atoms with Gasteiger partial charge in [0.1, 0.15) is 0 Å². The lowest BCUT2D eigenvalue weighted by Gasteiger charge is -2.21. The monoisotopic (exact) mass is 277 g/mol. The van der Waals surface area contributed by atoms with Crippen molar-refractivity contribution in [3.05, 3.63) is 35.9 Å². The Morgan fingerprint density at radius 1 is 1.15 bits per heavy atom. The number of hydrogen-bond donors (Lipinski definition) is 2. The molecule has 0 aliphatic rings. The number of methoxy groups -OCH3 is 1. The van der Waals surface area contributed by atoms with Gasteiger partial charge in [-0.1, -0.05) is 30.3 Å². The number of nitrogens with zero attached hydrogens (tertiary/aromatic N) is 1. The van der Waals surface area contributed by atoms with Gasteiger partial charge in [-0.25, -0.2) is 0 Å². The minimum Gasteiger partial charge on any atom is -0.388 e. The lowest BCUT2D eigenvalue weighted by atomic mass is 10.1. The van der Waals surface area contributed by atoms with Crippen LogP contribution < -0.4 is 5.73 Å². The first-order valence-electron chi connectivity index (χ1n) is 7.30. The highest BCUT2D eigenvalue weighted by molar-refractivity contribution is 5.76. The largest absolute Gasteiger partial charge is 0.388 e. The Labute approximate surface area is 122 Å². The van der Waals surface area contributed by atoms with E-state index < -0.39 is 0 Å². The van der Waals surface area contributed by atoms with Crippen LogP contribution in [-0.2, 0) is 11.2 Å². The van der Waals surface area contributed by atoms with E-state index in [0.717, 1.165) is 39.1 Å². The van der Waals surface area contributed by atoms with E-state index >= 15 is 0 Å². The second-order valence-corrected chi connectivity index (χ2v) is 5.05. The van der Waals surface area contributed by atoms with Crippen molar-refractivity contribution < 1.29 is 4.74 Å². The summed E-state index contributed by atoms with van der Waals surface area (Å²) in [6, 6.07) is 10.6. The molecule has 0 radical (unpaired) electrons. The normalized spacial score (nSPS) is 10.9. The fraction of sp³-hybridized carbons (Fsp3) is 0.562. The van der Waals surface area contributed by atoms with E-state index in [0.29, 0.717) is 6.42 Å². The third-order valence-electron chi connectivity index (χ3n) is 3.34. The molecule has 1 rings (SSSR count). The Hall–Kier alpha value is -1.39. The number of nitrogens with one attached hydrogen (secondary N) is 1. The van der Waals surface area contributed by atoms with Gasteiger partial charge in [0.25, 0.3) is 0 Å². The summed E-state index contributed by atoms with van der Waals surface area (Å²) in [5, 5.41) is 7.31. The van der Waals surface area contributed by atoms with Crippen molar-refractivity contribution in [2.75, 3.05) is 33.4 Å². The van der Waals surface area contributed by atoms with Crippen LogP contribution in [0.25, 0.3) is 0 Å². The van der Waals surface area contributed by atoms with Crippen molar-refractivity contribution in [3.8, 4) is 0 Å². The Balaban J connectivity index is 2.21. The molecule has 0 aliphatic carbocycles. The van der Waals surface area contributed by atoms with Crippen LogP contribution >= 0.6 is 0 Å². The zero-order valence-corrected chi connectivity index (χ0v) is 12.5. The number of benzene rings is 1. The first kappa shape index (κ1) is 16.7.